The second-order valence-electron chi connectivity index (χ2n) is 8.50. The molecule has 0 fully saturated rings. The van der Waals surface area contributed by atoms with Crippen molar-refractivity contribution < 1.29 is 4.74 Å². The summed E-state index contributed by atoms with van der Waals surface area (Å²) in [5, 5.41) is 9.42. The van der Waals surface area contributed by atoms with E-state index in [1.165, 1.54) is 22.7 Å². The monoisotopic (exact) mass is 440 g/mol. The van der Waals surface area contributed by atoms with Crippen LogP contribution in [-0.2, 0) is 26.6 Å². The van der Waals surface area contributed by atoms with Gasteiger partial charge in [0.15, 0.2) is 0 Å². The van der Waals surface area contributed by atoms with E-state index in [1.807, 2.05) is 49.4 Å². The van der Waals surface area contributed by atoms with Gasteiger partial charge in [-0.1, -0.05) is 43.3 Å². The Morgan fingerprint density at radius 3 is 2.67 bits per heavy atom. The Morgan fingerprint density at radius 2 is 1.91 bits per heavy atom. The minimum Gasteiger partial charge on any atom is -0.489 e. The van der Waals surface area contributed by atoms with Crippen LogP contribution in [0.3, 0.4) is 0 Å². The number of hydrogen-bond donors (Lipinski definition) is 1. The summed E-state index contributed by atoms with van der Waals surface area (Å²) in [6, 6.07) is 19.5. The molecule has 2 aromatic carbocycles. The van der Waals surface area contributed by atoms with Crippen molar-refractivity contribution in [2.45, 2.75) is 32.9 Å². The fraction of sp³-hybridized carbons (Fsp3) is 0.259. The molecule has 0 atom stereocenters. The van der Waals surface area contributed by atoms with Gasteiger partial charge in [-0.05, 0) is 23.8 Å². The van der Waals surface area contributed by atoms with Crippen LogP contribution in [0.4, 0.5) is 0 Å². The first-order valence-electron chi connectivity index (χ1n) is 11.4. The molecule has 0 radical (unpaired) electrons. The van der Waals surface area contributed by atoms with Crippen molar-refractivity contribution in [2.75, 3.05) is 6.54 Å². The molecule has 0 aliphatic carbocycles. The largest absolute Gasteiger partial charge is 0.489 e. The van der Waals surface area contributed by atoms with Crippen LogP contribution in [0.2, 0.25) is 0 Å². The van der Waals surface area contributed by atoms with Crippen LogP contribution < -0.4 is 10.3 Å². The standard InChI is InChI=1S/C27H28N4O2/c1-3-26(28)30-13-12-24-23(17-30)22-10-9-20(15-25(22)29(24)2)31-14-11-21(16-27(31)32)33-18-19-7-5-4-6-8-19/h4-11,14-16,28H,3,12-13,17-18H2,1-2H3. The summed E-state index contributed by atoms with van der Waals surface area (Å²) in [6.07, 6.45) is 3.45. The minimum atomic E-state index is -0.124. The topological polar surface area (TPSA) is 63.2 Å². The summed E-state index contributed by atoms with van der Waals surface area (Å²) < 4.78 is 9.70. The number of amidine groups is 1. The number of fused-ring (bicyclic) bond motifs is 3. The Kier molecular flexibility index (Phi) is 5.50. The van der Waals surface area contributed by atoms with Crippen molar-refractivity contribution in [2.24, 2.45) is 7.05 Å². The fourth-order valence-corrected chi connectivity index (χ4v) is 4.67. The van der Waals surface area contributed by atoms with Crippen molar-refractivity contribution >= 4 is 16.7 Å². The van der Waals surface area contributed by atoms with Crippen molar-refractivity contribution in [1.82, 2.24) is 14.0 Å². The Bertz CT molecular complexity index is 1380. The first-order chi connectivity index (χ1) is 16.0. The van der Waals surface area contributed by atoms with Gasteiger partial charge in [-0.25, -0.2) is 0 Å². The first kappa shape index (κ1) is 21.1. The van der Waals surface area contributed by atoms with Crippen LogP contribution in [0.1, 0.15) is 30.2 Å². The molecule has 0 saturated heterocycles. The molecule has 168 valence electrons. The van der Waals surface area contributed by atoms with Crippen LogP contribution >= 0.6 is 0 Å². The zero-order valence-corrected chi connectivity index (χ0v) is 19.0. The molecular weight excluding hydrogens is 412 g/mol. The lowest BCUT2D eigenvalue weighted by Gasteiger charge is -2.29. The number of aryl methyl sites for hydroxylation is 1. The van der Waals surface area contributed by atoms with Gasteiger partial charge in [-0.15, -0.1) is 0 Å². The molecule has 1 aliphatic rings. The number of ether oxygens (including phenoxy) is 1. The van der Waals surface area contributed by atoms with Crippen LogP contribution in [-0.4, -0.2) is 26.4 Å². The molecule has 0 bridgehead atoms. The van der Waals surface area contributed by atoms with Crippen molar-refractivity contribution in [3.63, 3.8) is 0 Å². The number of hydrogen-bond acceptors (Lipinski definition) is 3. The highest BCUT2D eigenvalue weighted by Crippen LogP contribution is 2.31. The molecular formula is C27H28N4O2. The highest BCUT2D eigenvalue weighted by atomic mass is 16.5. The van der Waals surface area contributed by atoms with Gasteiger partial charge in [0.05, 0.1) is 17.0 Å². The molecule has 0 unspecified atom stereocenters. The number of nitrogens with one attached hydrogen (secondary N) is 1. The smallest absolute Gasteiger partial charge is 0.258 e. The Balaban J connectivity index is 1.43. The molecule has 1 N–H and O–H groups in total. The van der Waals surface area contributed by atoms with Gasteiger partial charge >= 0.3 is 0 Å². The van der Waals surface area contributed by atoms with E-state index in [0.29, 0.717) is 18.2 Å². The summed E-state index contributed by atoms with van der Waals surface area (Å²) in [4.78, 5) is 15.0. The Hall–Kier alpha value is -3.80. The van der Waals surface area contributed by atoms with Crippen molar-refractivity contribution in [3.8, 4) is 11.4 Å². The molecule has 0 saturated carbocycles. The molecule has 0 amide bonds. The van der Waals surface area contributed by atoms with E-state index < -0.39 is 0 Å². The van der Waals surface area contributed by atoms with Gasteiger partial charge in [0.25, 0.3) is 5.56 Å². The maximum Gasteiger partial charge on any atom is 0.258 e. The van der Waals surface area contributed by atoms with Gasteiger partial charge in [-0.3, -0.25) is 14.8 Å². The summed E-state index contributed by atoms with van der Waals surface area (Å²) in [5.41, 5.74) is 5.49. The van der Waals surface area contributed by atoms with E-state index in [2.05, 4.69) is 28.6 Å². The molecule has 3 heterocycles. The first-order valence-corrected chi connectivity index (χ1v) is 11.4. The predicted octanol–water partition coefficient (Wildman–Crippen LogP) is 4.65. The molecule has 1 aliphatic heterocycles. The van der Waals surface area contributed by atoms with E-state index in [-0.39, 0.29) is 5.56 Å². The maximum atomic E-state index is 12.9. The van der Waals surface area contributed by atoms with Crippen molar-refractivity contribution in [1.29, 1.82) is 5.41 Å². The second kappa shape index (κ2) is 8.62. The molecule has 2 aromatic heterocycles. The SMILES string of the molecule is CCC(=N)N1CCc2c(c3ccc(-n4ccc(OCc5ccccc5)cc4=O)cc3n2C)C1. The van der Waals surface area contributed by atoms with Crippen LogP contribution in [0.25, 0.3) is 16.6 Å². The van der Waals surface area contributed by atoms with Crippen LogP contribution in [0.15, 0.2) is 71.7 Å². The number of nitrogens with zero attached hydrogens (tertiary/aromatic N) is 3. The van der Waals surface area contributed by atoms with Gasteiger partial charge < -0.3 is 14.2 Å². The number of benzene rings is 2. The van der Waals surface area contributed by atoms with Gasteiger partial charge in [0, 0.05) is 61.9 Å². The second-order valence-corrected chi connectivity index (χ2v) is 8.50. The minimum absolute atomic E-state index is 0.124. The lowest BCUT2D eigenvalue weighted by Crippen LogP contribution is -2.35. The zero-order valence-electron chi connectivity index (χ0n) is 19.0. The maximum absolute atomic E-state index is 12.9. The molecule has 4 aromatic rings. The molecule has 6 nitrogen and oxygen atoms in total. The normalized spacial score (nSPS) is 13.2. The van der Waals surface area contributed by atoms with Gasteiger partial charge in [-0.2, -0.15) is 0 Å². The highest BCUT2D eigenvalue weighted by molar-refractivity contribution is 5.88. The summed E-state index contributed by atoms with van der Waals surface area (Å²) >= 11 is 0. The number of rotatable bonds is 5. The van der Waals surface area contributed by atoms with Crippen LogP contribution in [0, 0.1) is 5.41 Å². The van der Waals surface area contributed by atoms with E-state index in [4.69, 9.17) is 10.1 Å². The predicted molar refractivity (Wildman–Crippen MR) is 131 cm³/mol. The van der Waals surface area contributed by atoms with Gasteiger partial charge in [0.2, 0.25) is 0 Å². The Morgan fingerprint density at radius 1 is 1.09 bits per heavy atom. The fourth-order valence-electron chi connectivity index (χ4n) is 4.67. The van der Waals surface area contributed by atoms with E-state index in [1.54, 1.807) is 10.8 Å². The van der Waals surface area contributed by atoms with E-state index in [9.17, 15) is 4.79 Å². The average Bonchev–Trinajstić information content (AvgIpc) is 3.13. The lowest BCUT2D eigenvalue weighted by atomic mass is 10.0. The van der Waals surface area contributed by atoms with Crippen LogP contribution in [0.5, 0.6) is 5.75 Å². The molecule has 5 rings (SSSR count). The third kappa shape index (κ3) is 3.93. The summed E-state index contributed by atoms with van der Waals surface area (Å²) in [5.74, 6) is 1.25. The third-order valence-corrected chi connectivity index (χ3v) is 6.52. The van der Waals surface area contributed by atoms with E-state index >= 15 is 0 Å². The van der Waals surface area contributed by atoms with Gasteiger partial charge in [0.1, 0.15) is 12.4 Å². The molecule has 0 spiro atoms. The molecule has 6 heteroatoms. The highest BCUT2D eigenvalue weighted by Gasteiger charge is 2.24. The number of pyridine rings is 1. The summed E-state index contributed by atoms with van der Waals surface area (Å²) in [6.45, 7) is 4.10. The summed E-state index contributed by atoms with van der Waals surface area (Å²) in [7, 11) is 2.09. The quantitative estimate of drug-likeness (QED) is 0.363. The molecule has 33 heavy (non-hydrogen) atoms. The van der Waals surface area contributed by atoms with E-state index in [0.717, 1.165) is 42.7 Å². The third-order valence-electron chi connectivity index (χ3n) is 6.52. The van der Waals surface area contributed by atoms with Crippen molar-refractivity contribution in [3.05, 3.63) is 94.0 Å². The zero-order chi connectivity index (χ0) is 22.9. The lowest BCUT2D eigenvalue weighted by molar-refractivity contribution is 0.305. The number of aromatic nitrogens is 2. The Labute approximate surface area is 193 Å². The average molecular weight is 441 g/mol.